The number of alkyl carbamates (subject to hydrolysis) is 1. The van der Waals surface area contributed by atoms with Gasteiger partial charge in [-0.1, -0.05) is 19.9 Å². The molecule has 1 aliphatic rings. The molecule has 1 N–H and O–H groups in total. The second-order valence-corrected chi connectivity index (χ2v) is 6.95. The minimum Gasteiger partial charge on any atom is -0.450 e. The number of rotatable bonds is 5. The highest BCUT2D eigenvalue weighted by Gasteiger charge is 2.33. The molecule has 1 saturated heterocycles. The molecule has 9 heteroatoms. The molecule has 2 rings (SSSR count). The van der Waals surface area contributed by atoms with Crippen LogP contribution in [-0.2, 0) is 15.7 Å². The van der Waals surface area contributed by atoms with Crippen LogP contribution < -0.4 is 10.2 Å². The lowest BCUT2D eigenvalue weighted by atomic mass is 10.0. The second kappa shape index (κ2) is 9.16. The van der Waals surface area contributed by atoms with E-state index in [9.17, 15) is 22.8 Å². The number of nitrogens with one attached hydrogen (secondary N) is 1. The number of hydrogen-bond donors (Lipinski definition) is 1. The Labute approximate surface area is 162 Å². The van der Waals surface area contributed by atoms with Gasteiger partial charge < -0.3 is 19.9 Å². The maximum absolute atomic E-state index is 12.9. The molecule has 2 amide bonds. The van der Waals surface area contributed by atoms with Crippen LogP contribution in [0.3, 0.4) is 0 Å². The Morgan fingerprint density at radius 1 is 1.18 bits per heavy atom. The van der Waals surface area contributed by atoms with Gasteiger partial charge in [0.15, 0.2) is 0 Å². The van der Waals surface area contributed by atoms with Crippen molar-refractivity contribution in [2.24, 2.45) is 5.92 Å². The fourth-order valence-electron chi connectivity index (χ4n) is 3.07. The summed E-state index contributed by atoms with van der Waals surface area (Å²) >= 11 is 0. The summed E-state index contributed by atoms with van der Waals surface area (Å²) < 4.78 is 43.6. The average molecular weight is 401 g/mol. The number of carbonyl (C=O) groups is 2. The van der Waals surface area contributed by atoms with E-state index in [1.807, 2.05) is 18.7 Å². The number of halogens is 3. The first-order chi connectivity index (χ1) is 13.1. The van der Waals surface area contributed by atoms with Crippen LogP contribution in [0, 0.1) is 5.92 Å². The van der Waals surface area contributed by atoms with Crippen molar-refractivity contribution in [3.63, 3.8) is 0 Å². The molecule has 1 aliphatic heterocycles. The lowest BCUT2D eigenvalue weighted by molar-refractivity contribution is -0.137. The van der Waals surface area contributed by atoms with Gasteiger partial charge in [-0.2, -0.15) is 13.2 Å². The van der Waals surface area contributed by atoms with E-state index in [2.05, 4.69) is 5.32 Å². The third-order valence-electron chi connectivity index (χ3n) is 4.61. The topological polar surface area (TPSA) is 61.9 Å². The Kier molecular flexibility index (Phi) is 7.15. The highest BCUT2D eigenvalue weighted by atomic mass is 19.4. The Hall–Kier alpha value is -2.45. The molecule has 28 heavy (non-hydrogen) atoms. The highest BCUT2D eigenvalue weighted by Crippen LogP contribution is 2.31. The number of alkyl halides is 3. The molecule has 1 aromatic rings. The normalized spacial score (nSPS) is 16.1. The van der Waals surface area contributed by atoms with Gasteiger partial charge in [-0.25, -0.2) is 4.79 Å². The SMILES string of the molecule is CCOC(=O)NC(C(=O)N1CCN(c2cccc(C(F)(F)F)c2)CC1)C(C)C. The third-order valence-corrected chi connectivity index (χ3v) is 4.61. The number of ether oxygens (including phenoxy) is 1. The summed E-state index contributed by atoms with van der Waals surface area (Å²) in [6.45, 7) is 7.10. The van der Waals surface area contributed by atoms with Crippen LogP contribution in [0.25, 0.3) is 0 Å². The largest absolute Gasteiger partial charge is 0.450 e. The number of carbonyl (C=O) groups excluding carboxylic acids is 2. The van der Waals surface area contributed by atoms with E-state index in [0.29, 0.717) is 31.9 Å². The van der Waals surface area contributed by atoms with Gasteiger partial charge in [0.05, 0.1) is 12.2 Å². The molecule has 156 valence electrons. The molecule has 0 radical (unpaired) electrons. The molecule has 0 bridgehead atoms. The standard InChI is InChI=1S/C19H26F3N3O3/c1-4-28-18(27)23-16(13(2)3)17(26)25-10-8-24(9-11-25)15-7-5-6-14(12-15)19(20,21)22/h5-7,12-13,16H,4,8-11H2,1-3H3,(H,23,27). The number of nitrogens with zero attached hydrogens (tertiary/aromatic N) is 2. The predicted molar refractivity (Wildman–Crippen MR) is 99.0 cm³/mol. The molecule has 1 unspecified atom stereocenters. The molecule has 6 nitrogen and oxygen atoms in total. The summed E-state index contributed by atoms with van der Waals surface area (Å²) in [7, 11) is 0. The summed E-state index contributed by atoms with van der Waals surface area (Å²) in [5.74, 6) is -0.342. The van der Waals surface area contributed by atoms with Crippen molar-refractivity contribution in [3.05, 3.63) is 29.8 Å². The molecule has 1 atom stereocenters. The van der Waals surface area contributed by atoms with Gasteiger partial charge in [-0.15, -0.1) is 0 Å². The first-order valence-electron chi connectivity index (χ1n) is 9.27. The van der Waals surface area contributed by atoms with Crippen molar-refractivity contribution in [2.45, 2.75) is 33.0 Å². The van der Waals surface area contributed by atoms with Crippen molar-refractivity contribution >= 4 is 17.7 Å². The van der Waals surface area contributed by atoms with Crippen LogP contribution in [0.5, 0.6) is 0 Å². The molecule has 0 saturated carbocycles. The van der Waals surface area contributed by atoms with Crippen molar-refractivity contribution < 1.29 is 27.5 Å². The monoisotopic (exact) mass is 401 g/mol. The third kappa shape index (κ3) is 5.53. The summed E-state index contributed by atoms with van der Waals surface area (Å²) in [6, 6.07) is 4.47. The van der Waals surface area contributed by atoms with Crippen LogP contribution in [0.1, 0.15) is 26.3 Å². The van der Waals surface area contributed by atoms with Crippen LogP contribution in [0.4, 0.5) is 23.7 Å². The molecule has 0 spiro atoms. The highest BCUT2D eigenvalue weighted by molar-refractivity contribution is 5.86. The van der Waals surface area contributed by atoms with Gasteiger partial charge >= 0.3 is 12.3 Å². The van der Waals surface area contributed by atoms with Gasteiger partial charge in [0, 0.05) is 31.9 Å². The van der Waals surface area contributed by atoms with Crippen LogP contribution in [-0.4, -0.2) is 55.7 Å². The summed E-state index contributed by atoms with van der Waals surface area (Å²) in [5, 5.41) is 2.59. The van der Waals surface area contributed by atoms with E-state index in [4.69, 9.17) is 4.74 Å². The zero-order valence-corrected chi connectivity index (χ0v) is 16.3. The fraction of sp³-hybridized carbons (Fsp3) is 0.579. The van der Waals surface area contributed by atoms with E-state index in [1.165, 1.54) is 6.07 Å². The number of benzene rings is 1. The smallest absolute Gasteiger partial charge is 0.416 e. The lowest BCUT2D eigenvalue weighted by Gasteiger charge is -2.38. The molecule has 0 aromatic heterocycles. The second-order valence-electron chi connectivity index (χ2n) is 6.95. The van der Waals surface area contributed by atoms with Gasteiger partial charge in [0.25, 0.3) is 0 Å². The maximum Gasteiger partial charge on any atom is 0.416 e. The number of piperazine rings is 1. The van der Waals surface area contributed by atoms with Crippen molar-refractivity contribution in [2.75, 3.05) is 37.7 Å². The first kappa shape index (κ1) is 21.8. The predicted octanol–water partition coefficient (Wildman–Crippen LogP) is 3.12. The van der Waals surface area contributed by atoms with Crippen LogP contribution in [0.2, 0.25) is 0 Å². The molecular formula is C19H26F3N3O3. The van der Waals surface area contributed by atoms with Gasteiger partial charge in [0.1, 0.15) is 6.04 Å². The van der Waals surface area contributed by atoms with Crippen molar-refractivity contribution in [1.82, 2.24) is 10.2 Å². The van der Waals surface area contributed by atoms with Crippen molar-refractivity contribution in [3.8, 4) is 0 Å². The van der Waals surface area contributed by atoms with E-state index in [1.54, 1.807) is 17.9 Å². The fourth-order valence-corrected chi connectivity index (χ4v) is 3.07. The zero-order chi connectivity index (χ0) is 20.9. The molecule has 1 fully saturated rings. The van der Waals surface area contributed by atoms with E-state index in [-0.39, 0.29) is 18.4 Å². The molecular weight excluding hydrogens is 375 g/mol. The first-order valence-corrected chi connectivity index (χ1v) is 9.27. The van der Waals surface area contributed by atoms with Crippen molar-refractivity contribution in [1.29, 1.82) is 0 Å². The van der Waals surface area contributed by atoms with Crippen LogP contribution >= 0.6 is 0 Å². The lowest BCUT2D eigenvalue weighted by Crippen LogP contribution is -2.56. The Bertz CT molecular complexity index is 686. The number of anilines is 1. The van der Waals surface area contributed by atoms with Gasteiger partial charge in [0.2, 0.25) is 5.91 Å². The number of hydrogen-bond acceptors (Lipinski definition) is 4. The maximum atomic E-state index is 12.9. The quantitative estimate of drug-likeness (QED) is 0.824. The summed E-state index contributed by atoms with van der Waals surface area (Å²) in [4.78, 5) is 27.9. The molecule has 1 heterocycles. The Morgan fingerprint density at radius 2 is 1.82 bits per heavy atom. The number of amides is 2. The van der Waals surface area contributed by atoms with Crippen LogP contribution in [0.15, 0.2) is 24.3 Å². The van der Waals surface area contributed by atoms with Gasteiger partial charge in [-0.3, -0.25) is 4.79 Å². The summed E-state index contributed by atoms with van der Waals surface area (Å²) in [6.07, 6.45) is -5.03. The van der Waals surface area contributed by atoms with E-state index in [0.717, 1.165) is 12.1 Å². The zero-order valence-electron chi connectivity index (χ0n) is 16.3. The summed E-state index contributed by atoms with van der Waals surface area (Å²) in [5.41, 5.74) is -0.214. The molecule has 0 aliphatic carbocycles. The Balaban J connectivity index is 2.00. The Morgan fingerprint density at radius 3 is 2.36 bits per heavy atom. The van der Waals surface area contributed by atoms with E-state index < -0.39 is 23.9 Å². The van der Waals surface area contributed by atoms with E-state index >= 15 is 0 Å². The minimum absolute atomic E-state index is 0.126. The van der Waals surface area contributed by atoms with Gasteiger partial charge in [-0.05, 0) is 31.0 Å². The molecule has 1 aromatic carbocycles. The minimum atomic E-state index is -4.39. The average Bonchev–Trinajstić information content (AvgIpc) is 2.65.